The van der Waals surface area contributed by atoms with Gasteiger partial charge in [-0.1, -0.05) is 0 Å². The van der Waals surface area contributed by atoms with Crippen LogP contribution in [0, 0.1) is 0 Å². The minimum Gasteiger partial charge on any atom is -0.455 e. The number of rotatable bonds is 11. The van der Waals surface area contributed by atoms with Crippen LogP contribution in [0.3, 0.4) is 0 Å². The zero-order valence-electron chi connectivity index (χ0n) is 14.3. The van der Waals surface area contributed by atoms with Crippen molar-refractivity contribution in [2.75, 3.05) is 26.5 Å². The zero-order chi connectivity index (χ0) is 18.6. The van der Waals surface area contributed by atoms with E-state index in [0.717, 1.165) is 18.5 Å². The molecular formula is C13H29F5O3Si2. The van der Waals surface area contributed by atoms with E-state index in [4.69, 9.17) is 14.0 Å². The van der Waals surface area contributed by atoms with E-state index >= 15 is 0 Å². The van der Waals surface area contributed by atoms with Crippen molar-refractivity contribution in [1.29, 1.82) is 0 Å². The van der Waals surface area contributed by atoms with Crippen LogP contribution in [0.15, 0.2) is 0 Å². The lowest BCUT2D eigenvalue weighted by Gasteiger charge is -2.34. The molecule has 0 aromatic carbocycles. The first-order chi connectivity index (χ1) is 10.3. The molecule has 0 fully saturated rings. The van der Waals surface area contributed by atoms with E-state index in [1.807, 2.05) is 0 Å². The summed E-state index contributed by atoms with van der Waals surface area (Å²) in [6.45, 7) is 9.76. The van der Waals surface area contributed by atoms with E-state index in [0.29, 0.717) is 19.6 Å². The molecule has 1 N–H and O–H groups in total. The van der Waals surface area contributed by atoms with Crippen LogP contribution in [0.5, 0.6) is 0 Å². The molecule has 0 bridgehead atoms. The first kappa shape index (κ1) is 25.2. The Labute approximate surface area is 137 Å². The molecule has 0 saturated carbocycles. The van der Waals surface area contributed by atoms with Gasteiger partial charge in [0, 0.05) is 6.61 Å². The Kier molecular flexibility index (Phi) is 13.5. The fourth-order valence-corrected chi connectivity index (χ4v) is 10.9. The van der Waals surface area contributed by atoms with Gasteiger partial charge in [0.15, 0.2) is 16.6 Å². The minimum atomic E-state index is -5.50. The molecule has 3 nitrogen and oxygen atoms in total. The highest BCUT2D eigenvalue weighted by atomic mass is 28.4. The van der Waals surface area contributed by atoms with E-state index in [9.17, 15) is 22.0 Å². The van der Waals surface area contributed by atoms with Gasteiger partial charge in [-0.25, -0.2) is 0 Å². The summed E-state index contributed by atoms with van der Waals surface area (Å²) in [6.07, 6.45) is -3.89. The molecule has 0 atom stereocenters. The van der Waals surface area contributed by atoms with Crippen molar-refractivity contribution in [2.24, 2.45) is 0 Å². The Hall–Kier alpha value is -0.0362. The average molecular weight is 385 g/mol. The Morgan fingerprint density at radius 3 is 1.70 bits per heavy atom. The lowest BCUT2D eigenvalue weighted by molar-refractivity contribution is -0.237. The third kappa shape index (κ3) is 24.3. The summed E-state index contributed by atoms with van der Waals surface area (Å²) in [5.41, 5.74) is 0. The van der Waals surface area contributed by atoms with Crippen molar-refractivity contribution >= 4 is 16.6 Å². The molecule has 0 aliphatic heterocycles. The van der Waals surface area contributed by atoms with Crippen LogP contribution in [0.25, 0.3) is 0 Å². The first-order valence-corrected chi connectivity index (χ1v) is 13.8. The molecule has 0 radical (unpaired) electrons. The van der Waals surface area contributed by atoms with Crippen molar-refractivity contribution in [3.8, 4) is 0 Å². The molecule has 0 aliphatic carbocycles. The second kappa shape index (κ2) is 12.3. The molecule has 0 heterocycles. The lowest BCUT2D eigenvalue weighted by Crippen LogP contribution is -2.44. The Balaban J connectivity index is 0. The van der Waals surface area contributed by atoms with E-state index in [1.165, 1.54) is 0 Å². The highest BCUT2D eigenvalue weighted by Crippen LogP contribution is 2.23. The smallest absolute Gasteiger partial charge is 0.455 e. The summed E-state index contributed by atoms with van der Waals surface area (Å²) in [5.74, 6) is 0. The molecule has 0 unspecified atom stereocenters. The van der Waals surface area contributed by atoms with Crippen molar-refractivity contribution in [3.63, 3.8) is 0 Å². The van der Waals surface area contributed by atoms with Crippen LogP contribution in [0.4, 0.5) is 22.0 Å². The second-order valence-corrected chi connectivity index (χ2v) is 15.1. The van der Waals surface area contributed by atoms with Gasteiger partial charge in [-0.15, -0.1) is 17.6 Å². The van der Waals surface area contributed by atoms with Gasteiger partial charge in [-0.2, -0.15) is 0 Å². The van der Waals surface area contributed by atoms with Gasteiger partial charge >= 0.3 is 6.43 Å². The highest BCUT2D eigenvalue weighted by Gasteiger charge is 2.32. The van der Waals surface area contributed by atoms with Gasteiger partial charge in [0.05, 0.1) is 19.9 Å². The Morgan fingerprint density at radius 1 is 0.870 bits per heavy atom. The molecule has 0 aromatic rings. The van der Waals surface area contributed by atoms with Gasteiger partial charge in [-0.3, -0.25) is 4.39 Å². The predicted molar refractivity (Wildman–Crippen MR) is 85.9 cm³/mol. The number of aliphatic hydroxyl groups is 1. The molecule has 0 rings (SSSR count). The average Bonchev–Trinajstić information content (AvgIpc) is 2.33. The fourth-order valence-electron chi connectivity index (χ4n) is 2.11. The monoisotopic (exact) mass is 384 g/mol. The highest BCUT2D eigenvalue weighted by molar-refractivity contribution is 6.84. The maximum Gasteiger partial charge on any atom is 0.559 e. The molecule has 0 saturated heterocycles. The Morgan fingerprint density at radius 2 is 1.30 bits per heavy atom. The van der Waals surface area contributed by atoms with Crippen LogP contribution >= 0.6 is 0 Å². The van der Waals surface area contributed by atoms with E-state index in [1.54, 1.807) is 0 Å². The van der Waals surface area contributed by atoms with Gasteiger partial charge in [-0.05, 0) is 51.1 Å². The maximum absolute atomic E-state index is 12.2. The summed E-state index contributed by atoms with van der Waals surface area (Å²) < 4.78 is 62.6. The number of halogens is 5. The topological polar surface area (TPSA) is 38.7 Å². The second-order valence-electron chi connectivity index (χ2n) is 6.28. The quantitative estimate of drug-likeness (QED) is 0.320. The molecule has 10 heteroatoms. The SMILES string of the molecule is C[Si](C)(CCCF)O[Si](C)(C)CCCOCCO.FC(F)(F)F. The van der Waals surface area contributed by atoms with E-state index < -0.39 is 23.1 Å². The van der Waals surface area contributed by atoms with Crippen LogP contribution in [0.1, 0.15) is 12.8 Å². The number of alkyl halides is 5. The third-order valence-electron chi connectivity index (χ3n) is 2.77. The van der Waals surface area contributed by atoms with Crippen molar-refractivity contribution in [1.82, 2.24) is 0 Å². The summed E-state index contributed by atoms with van der Waals surface area (Å²) in [6, 6.07) is 1.96. The maximum atomic E-state index is 12.2. The van der Waals surface area contributed by atoms with Crippen LogP contribution in [-0.4, -0.2) is 54.7 Å². The predicted octanol–water partition coefficient (Wildman–Crippen LogP) is 4.65. The van der Waals surface area contributed by atoms with Crippen molar-refractivity contribution in [3.05, 3.63) is 0 Å². The normalized spacial score (nSPS) is 12.8. The summed E-state index contributed by atoms with van der Waals surface area (Å²) >= 11 is 0. The number of hydrogen-bond acceptors (Lipinski definition) is 3. The van der Waals surface area contributed by atoms with Crippen molar-refractivity contribution in [2.45, 2.75) is 57.5 Å². The van der Waals surface area contributed by atoms with Gasteiger partial charge in [0.25, 0.3) is 0 Å². The summed E-state index contributed by atoms with van der Waals surface area (Å²) in [7, 11) is -3.35. The number of aliphatic hydroxyl groups excluding tert-OH is 1. The zero-order valence-corrected chi connectivity index (χ0v) is 16.3. The van der Waals surface area contributed by atoms with E-state index in [-0.39, 0.29) is 13.3 Å². The van der Waals surface area contributed by atoms with Crippen molar-refractivity contribution < 1.29 is 35.9 Å². The van der Waals surface area contributed by atoms with E-state index in [2.05, 4.69) is 26.2 Å². The lowest BCUT2D eigenvalue weighted by atomic mass is 10.5. The van der Waals surface area contributed by atoms with Gasteiger partial charge in [0.1, 0.15) is 0 Å². The molecule has 0 spiro atoms. The molecule has 142 valence electrons. The number of hydrogen-bond donors (Lipinski definition) is 1. The van der Waals surface area contributed by atoms with Crippen LogP contribution in [0.2, 0.25) is 38.3 Å². The largest absolute Gasteiger partial charge is 0.559 e. The van der Waals surface area contributed by atoms with Gasteiger partial charge < -0.3 is 14.0 Å². The van der Waals surface area contributed by atoms with Crippen LogP contribution < -0.4 is 0 Å². The number of ether oxygens (including phenoxy) is 1. The first-order valence-electron chi connectivity index (χ1n) is 7.53. The minimum absolute atomic E-state index is 0.0838. The summed E-state index contributed by atoms with van der Waals surface area (Å²) in [4.78, 5) is 0. The third-order valence-corrected chi connectivity index (χ3v) is 10.3. The molecule has 0 aliphatic rings. The molecular weight excluding hydrogens is 355 g/mol. The van der Waals surface area contributed by atoms with Crippen LogP contribution in [-0.2, 0) is 8.85 Å². The van der Waals surface area contributed by atoms with Gasteiger partial charge in [0.2, 0.25) is 0 Å². The standard InChI is InChI=1S/C12H29FO3Si2.CF4/c1-17(2,11-5-7-13)16-18(3,4)12-6-9-15-10-8-14;2-1(3,4)5/h14H,5-12H2,1-4H3;. The summed E-state index contributed by atoms with van der Waals surface area (Å²) in [5, 5.41) is 8.59. The molecule has 0 amide bonds. The Bertz CT molecular complexity index is 283. The fraction of sp³-hybridized carbons (Fsp3) is 1.00. The molecule has 0 aromatic heterocycles. The molecule has 23 heavy (non-hydrogen) atoms.